The third kappa shape index (κ3) is 7.35. The first-order chi connectivity index (χ1) is 17.0. The van der Waals surface area contributed by atoms with Gasteiger partial charge in [-0.1, -0.05) is 55.1 Å². The van der Waals surface area contributed by atoms with E-state index >= 15 is 0 Å². The number of benzene rings is 1. The summed E-state index contributed by atoms with van der Waals surface area (Å²) < 4.78 is 10.9. The van der Waals surface area contributed by atoms with E-state index < -0.39 is 5.54 Å². The van der Waals surface area contributed by atoms with Crippen molar-refractivity contribution in [2.24, 2.45) is 0 Å². The molecule has 2 aliphatic rings. The Balaban J connectivity index is 1.27. The number of amides is 2. The maximum atomic E-state index is 12.5. The van der Waals surface area contributed by atoms with E-state index in [0.717, 1.165) is 76.9 Å². The van der Waals surface area contributed by atoms with Crippen molar-refractivity contribution in [3.05, 3.63) is 47.1 Å². The first-order valence-corrected chi connectivity index (χ1v) is 12.8. The van der Waals surface area contributed by atoms with Gasteiger partial charge in [-0.05, 0) is 24.0 Å². The van der Waals surface area contributed by atoms with Gasteiger partial charge < -0.3 is 19.9 Å². The van der Waals surface area contributed by atoms with E-state index in [2.05, 4.69) is 37.8 Å². The van der Waals surface area contributed by atoms with Crippen LogP contribution < -0.4 is 10.6 Å². The zero-order chi connectivity index (χ0) is 24.5. The number of nitrogens with zero attached hydrogens (tertiary/aromatic N) is 3. The van der Waals surface area contributed by atoms with Gasteiger partial charge in [0.05, 0.1) is 13.2 Å². The summed E-state index contributed by atoms with van der Waals surface area (Å²) in [6.45, 7) is 6.36. The summed E-state index contributed by atoms with van der Waals surface area (Å²) in [6.07, 6.45) is 6.55. The summed E-state index contributed by atoms with van der Waals surface area (Å²) in [4.78, 5) is 31.3. The lowest BCUT2D eigenvalue weighted by Gasteiger charge is -2.30. The van der Waals surface area contributed by atoms with Gasteiger partial charge in [0.1, 0.15) is 5.54 Å². The smallest absolute Gasteiger partial charge is 0.227 e. The Kier molecular flexibility index (Phi) is 8.87. The SMILES string of the molecule is CC(=O)NC1(c2noc(CCC(=O)NCc3cccc(CN4CCOCC4)c3)n2)CCCCCC1. The molecule has 0 unspecified atom stereocenters. The minimum Gasteiger partial charge on any atom is -0.379 e. The van der Waals surface area contributed by atoms with Gasteiger partial charge in [-0.25, -0.2) is 0 Å². The molecular formula is C26H37N5O4. The molecule has 9 heteroatoms. The van der Waals surface area contributed by atoms with Gasteiger partial charge in [-0.2, -0.15) is 4.98 Å². The average Bonchev–Trinajstić information content (AvgIpc) is 3.22. The molecule has 35 heavy (non-hydrogen) atoms. The molecule has 2 aromatic rings. The number of ether oxygens (including phenoxy) is 1. The van der Waals surface area contributed by atoms with Crippen LogP contribution in [0.4, 0.5) is 0 Å². The largest absolute Gasteiger partial charge is 0.379 e. The molecule has 2 heterocycles. The molecule has 1 aliphatic carbocycles. The van der Waals surface area contributed by atoms with E-state index in [0.29, 0.717) is 24.7 Å². The molecule has 1 saturated heterocycles. The van der Waals surface area contributed by atoms with Crippen molar-refractivity contribution in [3.63, 3.8) is 0 Å². The standard InChI is InChI=1S/C26H37N5O4/c1-20(32)29-26(11-4-2-3-5-12-26)25-28-24(35-30-25)10-9-23(33)27-18-21-7-6-8-22(17-21)19-31-13-15-34-16-14-31/h6-8,17H,2-5,9-16,18-19H2,1H3,(H,27,33)(H,29,32). The van der Waals surface area contributed by atoms with Crippen LogP contribution >= 0.6 is 0 Å². The van der Waals surface area contributed by atoms with Crippen molar-refractivity contribution < 1.29 is 18.8 Å². The van der Waals surface area contributed by atoms with E-state index in [9.17, 15) is 9.59 Å². The Morgan fingerprint density at radius 2 is 1.83 bits per heavy atom. The maximum Gasteiger partial charge on any atom is 0.227 e. The Bertz CT molecular complexity index is 978. The fraction of sp³-hybridized carbons (Fsp3) is 0.615. The molecule has 1 aromatic carbocycles. The Morgan fingerprint density at radius 1 is 1.09 bits per heavy atom. The number of aryl methyl sites for hydroxylation is 1. The molecule has 1 aliphatic heterocycles. The molecule has 0 bridgehead atoms. The highest BCUT2D eigenvalue weighted by Gasteiger charge is 2.38. The van der Waals surface area contributed by atoms with E-state index in [1.807, 2.05) is 12.1 Å². The minimum atomic E-state index is -0.571. The zero-order valence-electron chi connectivity index (χ0n) is 20.7. The molecule has 0 radical (unpaired) electrons. The van der Waals surface area contributed by atoms with Crippen LogP contribution in [0.2, 0.25) is 0 Å². The highest BCUT2D eigenvalue weighted by molar-refractivity contribution is 5.76. The van der Waals surface area contributed by atoms with Gasteiger partial charge in [0.2, 0.25) is 17.7 Å². The third-order valence-electron chi connectivity index (χ3n) is 6.83. The fourth-order valence-corrected chi connectivity index (χ4v) is 4.99. The molecule has 1 saturated carbocycles. The first kappa shape index (κ1) is 25.3. The van der Waals surface area contributed by atoms with Gasteiger partial charge in [-0.15, -0.1) is 0 Å². The molecule has 190 valence electrons. The number of morpholine rings is 1. The number of aromatic nitrogens is 2. The maximum absolute atomic E-state index is 12.5. The molecule has 2 amide bonds. The first-order valence-electron chi connectivity index (χ1n) is 12.8. The average molecular weight is 484 g/mol. The zero-order valence-corrected chi connectivity index (χ0v) is 20.7. The van der Waals surface area contributed by atoms with Crippen LogP contribution in [-0.2, 0) is 39.4 Å². The summed E-state index contributed by atoms with van der Waals surface area (Å²) in [5.74, 6) is 0.805. The minimum absolute atomic E-state index is 0.0608. The van der Waals surface area contributed by atoms with Crippen molar-refractivity contribution in [3.8, 4) is 0 Å². The predicted molar refractivity (Wildman–Crippen MR) is 130 cm³/mol. The van der Waals surface area contributed by atoms with Crippen molar-refractivity contribution in [2.75, 3.05) is 26.3 Å². The number of nitrogens with one attached hydrogen (secondary N) is 2. The van der Waals surface area contributed by atoms with Gasteiger partial charge >= 0.3 is 0 Å². The highest BCUT2D eigenvalue weighted by Crippen LogP contribution is 2.34. The second kappa shape index (κ2) is 12.3. The molecule has 0 atom stereocenters. The van der Waals surface area contributed by atoms with Crippen LogP contribution in [0.1, 0.15) is 74.7 Å². The number of hydrogen-bond acceptors (Lipinski definition) is 7. The fourth-order valence-electron chi connectivity index (χ4n) is 4.99. The van der Waals surface area contributed by atoms with Crippen LogP contribution in [-0.4, -0.2) is 53.2 Å². The molecule has 1 aromatic heterocycles. The topological polar surface area (TPSA) is 110 Å². The molecule has 2 N–H and O–H groups in total. The van der Waals surface area contributed by atoms with E-state index in [-0.39, 0.29) is 18.2 Å². The van der Waals surface area contributed by atoms with E-state index in [1.165, 1.54) is 12.5 Å². The Hall–Kier alpha value is -2.78. The van der Waals surface area contributed by atoms with E-state index in [4.69, 9.17) is 9.26 Å². The summed E-state index contributed by atoms with van der Waals surface area (Å²) in [5, 5.41) is 10.3. The normalized spacial score (nSPS) is 18.5. The lowest BCUT2D eigenvalue weighted by atomic mass is 9.89. The molecular weight excluding hydrogens is 446 g/mol. The van der Waals surface area contributed by atoms with Gasteiger partial charge in [0, 0.05) is 45.9 Å². The third-order valence-corrected chi connectivity index (χ3v) is 6.83. The predicted octanol–water partition coefficient (Wildman–Crippen LogP) is 2.84. The van der Waals surface area contributed by atoms with Crippen LogP contribution in [0, 0.1) is 0 Å². The molecule has 4 rings (SSSR count). The Morgan fingerprint density at radius 3 is 2.57 bits per heavy atom. The van der Waals surface area contributed by atoms with Crippen LogP contribution in [0.15, 0.2) is 28.8 Å². The number of carbonyl (C=O) groups excluding carboxylic acids is 2. The van der Waals surface area contributed by atoms with Gasteiger partial charge in [0.25, 0.3) is 0 Å². The van der Waals surface area contributed by atoms with Crippen molar-refractivity contribution in [1.82, 2.24) is 25.7 Å². The van der Waals surface area contributed by atoms with Crippen LogP contribution in [0.3, 0.4) is 0 Å². The van der Waals surface area contributed by atoms with Crippen molar-refractivity contribution >= 4 is 11.8 Å². The lowest BCUT2D eigenvalue weighted by molar-refractivity contribution is -0.122. The number of rotatable bonds is 9. The summed E-state index contributed by atoms with van der Waals surface area (Å²) in [6, 6.07) is 8.33. The summed E-state index contributed by atoms with van der Waals surface area (Å²) >= 11 is 0. The quantitative estimate of drug-likeness (QED) is 0.528. The number of hydrogen-bond donors (Lipinski definition) is 2. The van der Waals surface area contributed by atoms with Crippen molar-refractivity contribution in [2.45, 2.75) is 76.9 Å². The monoisotopic (exact) mass is 483 g/mol. The highest BCUT2D eigenvalue weighted by atomic mass is 16.5. The Labute approximate surface area is 207 Å². The van der Waals surface area contributed by atoms with Crippen molar-refractivity contribution in [1.29, 1.82) is 0 Å². The van der Waals surface area contributed by atoms with E-state index in [1.54, 1.807) is 0 Å². The molecule has 9 nitrogen and oxygen atoms in total. The second-order valence-electron chi connectivity index (χ2n) is 9.67. The van der Waals surface area contributed by atoms with Gasteiger partial charge in [0.15, 0.2) is 5.82 Å². The van der Waals surface area contributed by atoms with Crippen LogP contribution in [0.5, 0.6) is 0 Å². The lowest BCUT2D eigenvalue weighted by Crippen LogP contribution is -2.45. The molecule has 2 fully saturated rings. The van der Waals surface area contributed by atoms with Crippen LogP contribution in [0.25, 0.3) is 0 Å². The van der Waals surface area contributed by atoms with Gasteiger partial charge in [-0.3, -0.25) is 14.5 Å². The summed E-state index contributed by atoms with van der Waals surface area (Å²) in [5.41, 5.74) is 1.75. The second-order valence-corrected chi connectivity index (χ2v) is 9.67. The summed E-state index contributed by atoms with van der Waals surface area (Å²) in [7, 11) is 0. The molecule has 0 spiro atoms. The number of carbonyl (C=O) groups is 2.